The normalized spacial score (nSPS) is 16.5. The van der Waals surface area contributed by atoms with Crippen LogP contribution in [0.5, 0.6) is 0 Å². The number of benzene rings is 1. The van der Waals surface area contributed by atoms with Crippen molar-refractivity contribution in [3.8, 4) is 0 Å². The van der Waals surface area contributed by atoms with E-state index in [2.05, 4.69) is 5.32 Å². The minimum Gasteiger partial charge on any atom is -0.478 e. The Balaban J connectivity index is 2.02. The maximum atomic E-state index is 11.9. The maximum Gasteiger partial charge on any atom is 0.330 e. The molecule has 0 spiro atoms. The number of rotatable bonds is 4. The number of hydrogen-bond donors (Lipinski definition) is 2. The van der Waals surface area contributed by atoms with Crippen molar-refractivity contribution in [3.05, 3.63) is 41.4 Å². The number of aliphatic carboxylic acids is 1. The van der Waals surface area contributed by atoms with Gasteiger partial charge in [0.05, 0.1) is 16.9 Å². The van der Waals surface area contributed by atoms with Gasteiger partial charge in [0.2, 0.25) is 11.8 Å². The Hall–Kier alpha value is -2.28. The van der Waals surface area contributed by atoms with E-state index in [0.29, 0.717) is 5.69 Å². The van der Waals surface area contributed by atoms with Gasteiger partial charge in [-0.15, -0.1) is 0 Å². The number of para-hydroxylation sites is 1. The van der Waals surface area contributed by atoms with Crippen molar-refractivity contribution in [1.29, 1.82) is 0 Å². The predicted octanol–water partition coefficient (Wildman–Crippen LogP) is 1.13. The van der Waals surface area contributed by atoms with Crippen LogP contribution < -0.4 is 5.32 Å². The number of nitrogens with zero attached hydrogens (tertiary/aromatic N) is 1. The van der Waals surface area contributed by atoms with Crippen molar-refractivity contribution in [2.24, 2.45) is 0 Å². The summed E-state index contributed by atoms with van der Waals surface area (Å²) in [5.41, 5.74) is 0.626. The molecule has 2 amide bonds. The number of carboxylic acids is 1. The molecule has 1 heterocycles. The molecule has 0 saturated carbocycles. The molecule has 2 N–H and O–H groups in total. The number of thioether (sulfide) groups is 1. The van der Waals surface area contributed by atoms with Crippen LogP contribution in [0.2, 0.25) is 0 Å². The lowest BCUT2D eigenvalue weighted by atomic mass is 10.3. The molecule has 1 fully saturated rings. The molecule has 0 unspecified atom stereocenters. The van der Waals surface area contributed by atoms with Gasteiger partial charge in [0.25, 0.3) is 0 Å². The third-order valence-electron chi connectivity index (χ3n) is 2.52. The zero-order valence-electron chi connectivity index (χ0n) is 10.4. The van der Waals surface area contributed by atoms with Crippen LogP contribution in [0.25, 0.3) is 0 Å². The van der Waals surface area contributed by atoms with E-state index in [1.54, 1.807) is 24.3 Å². The standard InChI is InChI=1S/C13H12N2O4S/c16-10(14-9-4-2-1-3-5-9)7-15-11(17)8-20-12(15)6-13(18)19/h1-6H,7-8H2,(H,14,16)(H,18,19)/b12-6-. The van der Waals surface area contributed by atoms with E-state index in [9.17, 15) is 14.4 Å². The molecular formula is C13H12N2O4S. The van der Waals surface area contributed by atoms with Crippen LogP contribution >= 0.6 is 11.8 Å². The summed E-state index contributed by atoms with van der Waals surface area (Å²) >= 11 is 1.11. The molecule has 7 heteroatoms. The molecule has 0 radical (unpaired) electrons. The molecule has 6 nitrogen and oxygen atoms in total. The van der Waals surface area contributed by atoms with Crippen molar-refractivity contribution in [2.45, 2.75) is 0 Å². The topological polar surface area (TPSA) is 86.7 Å². The van der Waals surface area contributed by atoms with E-state index < -0.39 is 5.97 Å². The van der Waals surface area contributed by atoms with Crippen LogP contribution in [0.15, 0.2) is 41.4 Å². The summed E-state index contributed by atoms with van der Waals surface area (Å²) in [7, 11) is 0. The fourth-order valence-corrected chi connectivity index (χ4v) is 2.60. The van der Waals surface area contributed by atoms with Gasteiger partial charge in [0.15, 0.2) is 0 Å². The van der Waals surface area contributed by atoms with Crippen LogP contribution in [0.4, 0.5) is 5.69 Å². The predicted molar refractivity (Wildman–Crippen MR) is 75.0 cm³/mol. The summed E-state index contributed by atoms with van der Waals surface area (Å²) < 4.78 is 0. The smallest absolute Gasteiger partial charge is 0.330 e. The molecule has 0 atom stereocenters. The van der Waals surface area contributed by atoms with Crippen molar-refractivity contribution >= 4 is 35.2 Å². The second-order valence-electron chi connectivity index (χ2n) is 4.00. The summed E-state index contributed by atoms with van der Waals surface area (Å²) in [6, 6.07) is 8.84. The Morgan fingerprint density at radius 3 is 2.70 bits per heavy atom. The van der Waals surface area contributed by atoms with Crippen molar-refractivity contribution < 1.29 is 19.5 Å². The Bertz CT molecular complexity index is 571. The number of hydrogen-bond acceptors (Lipinski definition) is 4. The van der Waals surface area contributed by atoms with Crippen LogP contribution in [0, 0.1) is 0 Å². The highest BCUT2D eigenvalue weighted by atomic mass is 32.2. The highest BCUT2D eigenvalue weighted by Gasteiger charge is 2.28. The number of amides is 2. The molecule has 0 aromatic heterocycles. The Morgan fingerprint density at radius 2 is 2.05 bits per heavy atom. The minimum absolute atomic E-state index is 0.151. The van der Waals surface area contributed by atoms with Crippen LogP contribution in [-0.4, -0.2) is 40.1 Å². The molecule has 104 valence electrons. The summed E-state index contributed by atoms with van der Waals surface area (Å²) in [4.78, 5) is 35.3. The molecule has 1 aromatic carbocycles. The largest absolute Gasteiger partial charge is 0.478 e. The van der Waals surface area contributed by atoms with Gasteiger partial charge < -0.3 is 10.4 Å². The van der Waals surface area contributed by atoms with Crippen molar-refractivity contribution in [1.82, 2.24) is 4.90 Å². The summed E-state index contributed by atoms with van der Waals surface area (Å²) in [6.45, 7) is -0.195. The molecule has 0 aliphatic carbocycles. The molecule has 0 bridgehead atoms. The third-order valence-corrected chi connectivity index (χ3v) is 3.54. The van der Waals surface area contributed by atoms with E-state index in [-0.39, 0.29) is 29.1 Å². The first-order valence-corrected chi connectivity index (χ1v) is 6.77. The van der Waals surface area contributed by atoms with Gasteiger partial charge in [-0.3, -0.25) is 14.5 Å². The maximum absolute atomic E-state index is 11.9. The number of carbonyl (C=O) groups is 3. The van der Waals surface area contributed by atoms with Gasteiger partial charge in [-0.05, 0) is 12.1 Å². The van der Waals surface area contributed by atoms with E-state index in [0.717, 1.165) is 17.8 Å². The highest BCUT2D eigenvalue weighted by Crippen LogP contribution is 2.28. The third kappa shape index (κ3) is 3.61. The van der Waals surface area contributed by atoms with Gasteiger partial charge in [0, 0.05) is 5.69 Å². The minimum atomic E-state index is -1.14. The lowest BCUT2D eigenvalue weighted by molar-refractivity contribution is -0.131. The van der Waals surface area contributed by atoms with Gasteiger partial charge in [-0.25, -0.2) is 4.79 Å². The summed E-state index contributed by atoms with van der Waals surface area (Å²) in [5.74, 6) is -1.64. The lowest BCUT2D eigenvalue weighted by Gasteiger charge is -2.16. The van der Waals surface area contributed by atoms with Crippen molar-refractivity contribution in [2.75, 3.05) is 17.6 Å². The number of nitrogens with one attached hydrogen (secondary N) is 1. The van der Waals surface area contributed by atoms with E-state index in [1.165, 1.54) is 4.90 Å². The molecular weight excluding hydrogens is 280 g/mol. The van der Waals surface area contributed by atoms with E-state index in [1.807, 2.05) is 6.07 Å². The van der Waals surface area contributed by atoms with Gasteiger partial charge in [0.1, 0.15) is 6.54 Å². The summed E-state index contributed by atoms with van der Waals surface area (Å²) in [6.07, 6.45) is 0.936. The van der Waals surface area contributed by atoms with Gasteiger partial charge >= 0.3 is 5.97 Å². The van der Waals surface area contributed by atoms with Crippen LogP contribution in [0.3, 0.4) is 0 Å². The zero-order valence-corrected chi connectivity index (χ0v) is 11.2. The van der Waals surface area contributed by atoms with Crippen molar-refractivity contribution in [3.63, 3.8) is 0 Å². The fourth-order valence-electron chi connectivity index (χ4n) is 1.67. The van der Waals surface area contributed by atoms with E-state index >= 15 is 0 Å². The quantitative estimate of drug-likeness (QED) is 0.812. The average molecular weight is 292 g/mol. The SMILES string of the molecule is O=C(O)/C=C1\SCC(=O)N1CC(=O)Nc1ccccc1. The monoisotopic (exact) mass is 292 g/mol. The second-order valence-corrected chi connectivity index (χ2v) is 5.00. The van der Waals surface area contributed by atoms with E-state index in [4.69, 9.17) is 5.11 Å². The molecule has 1 aromatic rings. The lowest BCUT2D eigenvalue weighted by Crippen LogP contribution is -2.33. The highest BCUT2D eigenvalue weighted by molar-refractivity contribution is 8.04. The molecule has 20 heavy (non-hydrogen) atoms. The van der Waals surface area contributed by atoms with Gasteiger partial charge in [-0.1, -0.05) is 30.0 Å². The second kappa shape index (κ2) is 6.25. The Labute approximate surface area is 119 Å². The number of carbonyl (C=O) groups excluding carboxylic acids is 2. The Kier molecular flexibility index (Phi) is 4.41. The molecule has 2 rings (SSSR count). The van der Waals surface area contributed by atoms with Crippen LogP contribution in [-0.2, 0) is 14.4 Å². The molecule has 1 saturated heterocycles. The van der Waals surface area contributed by atoms with Crippen LogP contribution in [0.1, 0.15) is 0 Å². The Morgan fingerprint density at radius 1 is 1.35 bits per heavy atom. The fraction of sp³-hybridized carbons (Fsp3) is 0.154. The number of anilines is 1. The molecule has 1 aliphatic heterocycles. The zero-order chi connectivity index (χ0) is 14.5. The number of carboxylic acid groups (broad SMARTS) is 1. The first-order chi connectivity index (χ1) is 9.56. The first-order valence-electron chi connectivity index (χ1n) is 5.79. The summed E-state index contributed by atoms with van der Waals surface area (Å²) in [5, 5.41) is 11.6. The first kappa shape index (κ1) is 14.1. The average Bonchev–Trinajstić information content (AvgIpc) is 2.72. The molecule has 1 aliphatic rings. The van der Waals surface area contributed by atoms with Gasteiger partial charge in [-0.2, -0.15) is 0 Å².